The van der Waals surface area contributed by atoms with E-state index in [1.807, 2.05) is 0 Å². The molecule has 1 N–H and O–H groups in total. The molecule has 0 aliphatic heterocycles. The summed E-state index contributed by atoms with van der Waals surface area (Å²) < 4.78 is 0. The van der Waals surface area contributed by atoms with Crippen LogP contribution in [0.3, 0.4) is 0 Å². The van der Waals surface area contributed by atoms with Crippen molar-refractivity contribution in [1.29, 1.82) is 0 Å². The molecule has 1 aromatic carbocycles. The summed E-state index contributed by atoms with van der Waals surface area (Å²) in [5.41, 5.74) is 2.85. The topological polar surface area (TPSA) is 23.5 Å². The molecule has 2 nitrogen and oxygen atoms in total. The van der Waals surface area contributed by atoms with Crippen LogP contribution in [-0.2, 0) is 5.41 Å². The number of aliphatic hydroxyl groups excluding tert-OH is 1. The Labute approximate surface area is 123 Å². The van der Waals surface area contributed by atoms with Crippen LogP contribution in [0.25, 0.3) is 0 Å². The lowest BCUT2D eigenvalue weighted by atomic mass is 9.58. The average molecular weight is 275 g/mol. The van der Waals surface area contributed by atoms with Gasteiger partial charge in [-0.1, -0.05) is 49.6 Å². The number of benzene rings is 1. The molecule has 0 heterocycles. The first-order valence-corrected chi connectivity index (χ1v) is 7.93. The highest BCUT2D eigenvalue weighted by molar-refractivity contribution is 5.33. The number of nitrogens with zero attached hydrogens (tertiary/aromatic N) is 1. The van der Waals surface area contributed by atoms with E-state index >= 15 is 0 Å². The Morgan fingerprint density at radius 2 is 1.80 bits per heavy atom. The Hall–Kier alpha value is -0.860. The molecular weight excluding hydrogens is 246 g/mol. The second kappa shape index (κ2) is 6.28. The van der Waals surface area contributed by atoms with Crippen LogP contribution in [0.1, 0.15) is 50.2 Å². The van der Waals surface area contributed by atoms with E-state index in [2.05, 4.69) is 57.1 Å². The third-order valence-corrected chi connectivity index (χ3v) is 4.94. The first-order valence-electron chi connectivity index (χ1n) is 7.93. The molecule has 0 amide bonds. The molecule has 0 bridgehead atoms. The summed E-state index contributed by atoms with van der Waals surface area (Å²) in [5, 5.41) is 10.7. The number of likely N-dealkylation sites (N-methyl/N-ethyl adjacent to an activating group) is 1. The predicted molar refractivity (Wildman–Crippen MR) is 85.1 cm³/mol. The van der Waals surface area contributed by atoms with Gasteiger partial charge in [0.05, 0.1) is 6.10 Å². The number of aliphatic hydroxyl groups is 1. The smallest absolute Gasteiger partial charge is 0.0703 e. The number of rotatable bonds is 6. The van der Waals surface area contributed by atoms with Gasteiger partial charge < -0.3 is 10.0 Å². The van der Waals surface area contributed by atoms with Crippen LogP contribution in [0.15, 0.2) is 24.3 Å². The van der Waals surface area contributed by atoms with Crippen LogP contribution in [0.2, 0.25) is 0 Å². The SMILES string of the molecule is CCCC(O)C(N(C)C)C1(c2ccc(C)cc2)CCC1. The van der Waals surface area contributed by atoms with Crippen LogP contribution >= 0.6 is 0 Å². The number of hydrogen-bond donors (Lipinski definition) is 1. The van der Waals surface area contributed by atoms with Crippen molar-refractivity contribution < 1.29 is 5.11 Å². The van der Waals surface area contributed by atoms with Gasteiger partial charge in [-0.3, -0.25) is 0 Å². The Bertz CT molecular complexity index is 420. The minimum atomic E-state index is -0.239. The van der Waals surface area contributed by atoms with Crippen molar-refractivity contribution in [2.75, 3.05) is 14.1 Å². The number of hydrogen-bond acceptors (Lipinski definition) is 2. The van der Waals surface area contributed by atoms with Gasteiger partial charge in [-0.05, 0) is 45.8 Å². The highest BCUT2D eigenvalue weighted by Gasteiger charge is 2.48. The lowest BCUT2D eigenvalue weighted by Crippen LogP contribution is -2.57. The largest absolute Gasteiger partial charge is 0.391 e. The maximum Gasteiger partial charge on any atom is 0.0703 e. The first-order chi connectivity index (χ1) is 9.51. The molecular formula is C18H29NO. The van der Waals surface area contributed by atoms with E-state index in [9.17, 15) is 5.11 Å². The van der Waals surface area contributed by atoms with Crippen LogP contribution in [0.5, 0.6) is 0 Å². The minimum Gasteiger partial charge on any atom is -0.391 e. The van der Waals surface area contributed by atoms with Crippen LogP contribution in [-0.4, -0.2) is 36.2 Å². The van der Waals surface area contributed by atoms with Crippen molar-refractivity contribution in [3.8, 4) is 0 Å². The normalized spacial score (nSPS) is 20.5. The maximum absolute atomic E-state index is 10.7. The Morgan fingerprint density at radius 1 is 1.20 bits per heavy atom. The monoisotopic (exact) mass is 275 g/mol. The summed E-state index contributed by atoms with van der Waals surface area (Å²) in [6.45, 7) is 4.28. The molecule has 2 rings (SSSR count). The van der Waals surface area contributed by atoms with Crippen molar-refractivity contribution >= 4 is 0 Å². The van der Waals surface area contributed by atoms with E-state index in [4.69, 9.17) is 0 Å². The van der Waals surface area contributed by atoms with Gasteiger partial charge in [0.1, 0.15) is 0 Å². The summed E-state index contributed by atoms with van der Waals surface area (Å²) in [6.07, 6.45) is 5.35. The van der Waals surface area contributed by atoms with Crippen molar-refractivity contribution in [1.82, 2.24) is 4.90 Å². The summed E-state index contributed by atoms with van der Waals surface area (Å²) in [6, 6.07) is 9.16. The van der Waals surface area contributed by atoms with Gasteiger partial charge in [0.2, 0.25) is 0 Å². The molecule has 2 atom stereocenters. The van der Waals surface area contributed by atoms with E-state index in [1.165, 1.54) is 30.4 Å². The van der Waals surface area contributed by atoms with Crippen molar-refractivity contribution in [3.63, 3.8) is 0 Å². The van der Waals surface area contributed by atoms with E-state index in [0.29, 0.717) is 0 Å². The first kappa shape index (κ1) is 15.5. The Morgan fingerprint density at radius 3 is 2.20 bits per heavy atom. The fourth-order valence-electron chi connectivity index (χ4n) is 3.86. The standard InChI is InChI=1S/C18H29NO/c1-5-7-16(20)17(19(3)4)18(12-6-13-18)15-10-8-14(2)9-11-15/h8-11,16-17,20H,5-7,12-13H2,1-4H3. The fraction of sp³-hybridized carbons (Fsp3) is 0.667. The quantitative estimate of drug-likeness (QED) is 0.859. The van der Waals surface area contributed by atoms with Gasteiger partial charge in [-0.25, -0.2) is 0 Å². The lowest BCUT2D eigenvalue weighted by molar-refractivity contribution is -0.0101. The molecule has 20 heavy (non-hydrogen) atoms. The summed E-state index contributed by atoms with van der Waals surface area (Å²) in [5.74, 6) is 0. The minimum absolute atomic E-state index is 0.145. The molecule has 112 valence electrons. The molecule has 0 radical (unpaired) electrons. The van der Waals surface area contributed by atoms with Crippen molar-refractivity contribution in [2.24, 2.45) is 0 Å². The van der Waals surface area contributed by atoms with E-state index in [-0.39, 0.29) is 17.6 Å². The maximum atomic E-state index is 10.7. The van der Waals surface area contributed by atoms with Crippen molar-refractivity contribution in [2.45, 2.75) is 63.5 Å². The van der Waals surface area contributed by atoms with E-state index in [1.54, 1.807) is 0 Å². The average Bonchev–Trinajstić information content (AvgIpc) is 2.34. The predicted octanol–water partition coefficient (Wildman–Crippen LogP) is 3.51. The zero-order valence-electron chi connectivity index (χ0n) is 13.4. The van der Waals surface area contributed by atoms with Crippen molar-refractivity contribution in [3.05, 3.63) is 35.4 Å². The van der Waals surface area contributed by atoms with E-state index in [0.717, 1.165) is 12.8 Å². The molecule has 0 saturated heterocycles. The van der Waals surface area contributed by atoms with Crippen LogP contribution in [0.4, 0.5) is 0 Å². The summed E-state index contributed by atoms with van der Waals surface area (Å²) in [4.78, 5) is 2.24. The van der Waals surface area contributed by atoms with Gasteiger partial charge in [-0.2, -0.15) is 0 Å². The Balaban J connectivity index is 2.34. The molecule has 1 aliphatic carbocycles. The lowest BCUT2D eigenvalue weighted by Gasteiger charge is -2.52. The highest BCUT2D eigenvalue weighted by atomic mass is 16.3. The third kappa shape index (κ3) is 2.77. The molecule has 1 aromatic rings. The molecule has 1 fully saturated rings. The zero-order chi connectivity index (χ0) is 14.8. The van der Waals surface area contributed by atoms with Gasteiger partial charge in [0.25, 0.3) is 0 Å². The highest BCUT2D eigenvalue weighted by Crippen LogP contribution is 2.49. The second-order valence-electron chi connectivity index (χ2n) is 6.64. The fourth-order valence-corrected chi connectivity index (χ4v) is 3.86. The van der Waals surface area contributed by atoms with Gasteiger partial charge >= 0.3 is 0 Å². The molecule has 0 spiro atoms. The third-order valence-electron chi connectivity index (χ3n) is 4.94. The summed E-state index contributed by atoms with van der Waals surface area (Å²) in [7, 11) is 4.22. The van der Waals surface area contributed by atoms with Gasteiger partial charge in [0.15, 0.2) is 0 Å². The van der Waals surface area contributed by atoms with Crippen LogP contribution in [0, 0.1) is 6.92 Å². The van der Waals surface area contributed by atoms with E-state index < -0.39 is 0 Å². The van der Waals surface area contributed by atoms with Gasteiger partial charge in [-0.15, -0.1) is 0 Å². The Kier molecular flexibility index (Phi) is 4.87. The molecule has 2 heteroatoms. The van der Waals surface area contributed by atoms with Gasteiger partial charge in [0, 0.05) is 11.5 Å². The zero-order valence-corrected chi connectivity index (χ0v) is 13.4. The molecule has 1 saturated carbocycles. The second-order valence-corrected chi connectivity index (χ2v) is 6.64. The molecule has 0 aromatic heterocycles. The molecule has 1 aliphatic rings. The summed E-state index contributed by atoms with van der Waals surface area (Å²) >= 11 is 0. The molecule has 2 unspecified atom stereocenters. The number of aryl methyl sites for hydroxylation is 1. The van der Waals surface area contributed by atoms with Crippen LogP contribution < -0.4 is 0 Å².